The fourth-order valence-electron chi connectivity index (χ4n) is 1.80. The molecule has 22 heavy (non-hydrogen) atoms. The number of alkyl halides is 2. The van der Waals surface area contributed by atoms with Crippen LogP contribution in [0.5, 0.6) is 5.75 Å². The lowest BCUT2D eigenvalue weighted by atomic mass is 10.1. The van der Waals surface area contributed by atoms with Gasteiger partial charge in [-0.1, -0.05) is 12.1 Å². The Bertz CT molecular complexity index is 631. The average molecular weight is 327 g/mol. The summed E-state index contributed by atoms with van der Waals surface area (Å²) in [6.07, 6.45) is 0. The Morgan fingerprint density at radius 3 is 2.64 bits per heavy atom. The third-order valence-electron chi connectivity index (χ3n) is 2.91. The van der Waals surface area contributed by atoms with Gasteiger partial charge < -0.3 is 15.8 Å². The first-order valence-electron chi connectivity index (χ1n) is 6.49. The standard InChI is InChI=1S/C14H15F2N3O2S/c1-8(9-2-4-10(5-3-9)21-14(15)16)18-13(20)11-7-22-12(6-17)19-11/h2-5,7-8,14H,6,17H2,1H3,(H,18,20). The molecule has 1 heterocycles. The van der Waals surface area contributed by atoms with Gasteiger partial charge in [0.1, 0.15) is 16.5 Å². The molecule has 1 amide bonds. The van der Waals surface area contributed by atoms with Gasteiger partial charge >= 0.3 is 6.61 Å². The fraction of sp³-hybridized carbons (Fsp3) is 0.286. The van der Waals surface area contributed by atoms with Gasteiger partial charge in [-0.15, -0.1) is 11.3 Å². The molecule has 1 aromatic carbocycles. The molecule has 8 heteroatoms. The third-order valence-corrected chi connectivity index (χ3v) is 3.78. The molecular formula is C14H15F2N3O2S. The van der Waals surface area contributed by atoms with Crippen LogP contribution in [0.15, 0.2) is 29.6 Å². The summed E-state index contributed by atoms with van der Waals surface area (Å²) in [5, 5.41) is 5.11. The molecular weight excluding hydrogens is 312 g/mol. The number of halogens is 2. The van der Waals surface area contributed by atoms with E-state index in [0.717, 1.165) is 5.56 Å². The van der Waals surface area contributed by atoms with Crippen LogP contribution in [0.4, 0.5) is 8.78 Å². The van der Waals surface area contributed by atoms with E-state index in [0.29, 0.717) is 17.2 Å². The van der Waals surface area contributed by atoms with Crippen molar-refractivity contribution in [3.8, 4) is 5.75 Å². The van der Waals surface area contributed by atoms with Crippen molar-refractivity contribution < 1.29 is 18.3 Å². The summed E-state index contributed by atoms with van der Waals surface area (Å²) in [6, 6.07) is 5.81. The predicted octanol–water partition coefficient (Wildman–Crippen LogP) is 2.69. The molecule has 0 bridgehead atoms. The molecule has 0 saturated heterocycles. The number of carbonyl (C=O) groups excluding carboxylic acids is 1. The maximum atomic E-state index is 12.1. The highest BCUT2D eigenvalue weighted by Gasteiger charge is 2.14. The van der Waals surface area contributed by atoms with Gasteiger partial charge in [0.15, 0.2) is 0 Å². The van der Waals surface area contributed by atoms with Crippen molar-refractivity contribution in [3.05, 3.63) is 45.9 Å². The fourth-order valence-corrected chi connectivity index (χ4v) is 2.46. The van der Waals surface area contributed by atoms with Gasteiger partial charge in [-0.3, -0.25) is 4.79 Å². The maximum Gasteiger partial charge on any atom is 0.387 e. The molecule has 1 atom stereocenters. The molecule has 3 N–H and O–H groups in total. The molecule has 0 aliphatic heterocycles. The number of amides is 1. The summed E-state index contributed by atoms with van der Waals surface area (Å²) in [5.41, 5.74) is 6.54. The molecule has 118 valence electrons. The monoisotopic (exact) mass is 327 g/mol. The zero-order valence-corrected chi connectivity index (χ0v) is 12.6. The lowest BCUT2D eigenvalue weighted by Gasteiger charge is -2.14. The van der Waals surface area contributed by atoms with E-state index in [-0.39, 0.29) is 17.7 Å². The number of nitrogens with zero attached hydrogens (tertiary/aromatic N) is 1. The predicted molar refractivity (Wildman–Crippen MR) is 79.0 cm³/mol. The number of aromatic nitrogens is 1. The van der Waals surface area contributed by atoms with Gasteiger partial charge in [-0.05, 0) is 24.6 Å². The van der Waals surface area contributed by atoms with Gasteiger partial charge in [-0.2, -0.15) is 8.78 Å². The van der Waals surface area contributed by atoms with Crippen LogP contribution >= 0.6 is 11.3 Å². The molecule has 0 fully saturated rings. The largest absolute Gasteiger partial charge is 0.435 e. The van der Waals surface area contributed by atoms with Crippen molar-refractivity contribution in [2.75, 3.05) is 0 Å². The van der Waals surface area contributed by atoms with E-state index in [1.165, 1.54) is 23.5 Å². The second-order valence-corrected chi connectivity index (χ2v) is 5.42. The lowest BCUT2D eigenvalue weighted by molar-refractivity contribution is -0.0498. The summed E-state index contributed by atoms with van der Waals surface area (Å²) in [7, 11) is 0. The minimum Gasteiger partial charge on any atom is -0.435 e. The van der Waals surface area contributed by atoms with Crippen LogP contribution < -0.4 is 15.8 Å². The van der Waals surface area contributed by atoms with Crippen LogP contribution in [0.2, 0.25) is 0 Å². The molecule has 1 unspecified atom stereocenters. The number of benzene rings is 1. The summed E-state index contributed by atoms with van der Waals surface area (Å²) >= 11 is 1.32. The number of carbonyl (C=O) groups is 1. The van der Waals surface area contributed by atoms with Crippen molar-refractivity contribution in [3.63, 3.8) is 0 Å². The Balaban J connectivity index is 1.99. The minimum atomic E-state index is -2.86. The molecule has 5 nitrogen and oxygen atoms in total. The molecule has 0 radical (unpaired) electrons. The second-order valence-electron chi connectivity index (χ2n) is 4.47. The first-order valence-corrected chi connectivity index (χ1v) is 7.37. The smallest absolute Gasteiger partial charge is 0.387 e. The highest BCUT2D eigenvalue weighted by molar-refractivity contribution is 7.09. The minimum absolute atomic E-state index is 0.0735. The normalized spacial score (nSPS) is 12.2. The molecule has 0 aliphatic rings. The van der Waals surface area contributed by atoms with E-state index in [1.54, 1.807) is 24.4 Å². The van der Waals surface area contributed by atoms with Crippen LogP contribution in [0, 0.1) is 0 Å². The van der Waals surface area contributed by atoms with Crippen molar-refractivity contribution in [2.45, 2.75) is 26.1 Å². The molecule has 2 aromatic rings. The van der Waals surface area contributed by atoms with Crippen LogP contribution in [-0.2, 0) is 6.54 Å². The number of rotatable bonds is 6. The lowest BCUT2D eigenvalue weighted by Crippen LogP contribution is -2.27. The molecule has 0 aliphatic carbocycles. The van der Waals surface area contributed by atoms with E-state index in [4.69, 9.17) is 5.73 Å². The number of hydrogen-bond acceptors (Lipinski definition) is 5. The van der Waals surface area contributed by atoms with Crippen molar-refractivity contribution in [1.82, 2.24) is 10.3 Å². The highest BCUT2D eigenvalue weighted by atomic mass is 32.1. The average Bonchev–Trinajstić information content (AvgIpc) is 2.96. The quantitative estimate of drug-likeness (QED) is 0.855. The highest BCUT2D eigenvalue weighted by Crippen LogP contribution is 2.19. The van der Waals surface area contributed by atoms with Gasteiger partial charge in [0.25, 0.3) is 5.91 Å². The van der Waals surface area contributed by atoms with E-state index < -0.39 is 6.61 Å². The number of nitrogens with two attached hydrogens (primary N) is 1. The summed E-state index contributed by atoms with van der Waals surface area (Å²) < 4.78 is 28.4. The Kier molecular flexibility index (Phi) is 5.40. The third kappa shape index (κ3) is 4.22. The first kappa shape index (κ1) is 16.3. The number of hydrogen-bond donors (Lipinski definition) is 2. The Morgan fingerprint density at radius 2 is 2.09 bits per heavy atom. The van der Waals surface area contributed by atoms with Gasteiger partial charge in [0.05, 0.1) is 6.04 Å². The zero-order chi connectivity index (χ0) is 16.1. The van der Waals surface area contributed by atoms with Crippen LogP contribution in [-0.4, -0.2) is 17.5 Å². The first-order chi connectivity index (χ1) is 10.5. The SMILES string of the molecule is CC(NC(=O)c1csc(CN)n1)c1ccc(OC(F)F)cc1. The van der Waals surface area contributed by atoms with Gasteiger partial charge in [0, 0.05) is 11.9 Å². The number of thiazole rings is 1. The van der Waals surface area contributed by atoms with Crippen molar-refractivity contribution in [1.29, 1.82) is 0 Å². The topological polar surface area (TPSA) is 77.2 Å². The number of nitrogens with one attached hydrogen (secondary N) is 1. The van der Waals surface area contributed by atoms with Gasteiger partial charge in [0.2, 0.25) is 0 Å². The van der Waals surface area contributed by atoms with Crippen LogP contribution in [0.25, 0.3) is 0 Å². The van der Waals surface area contributed by atoms with Crippen LogP contribution in [0.3, 0.4) is 0 Å². The molecule has 0 saturated carbocycles. The summed E-state index contributed by atoms with van der Waals surface area (Å²) in [6.45, 7) is -0.778. The van der Waals surface area contributed by atoms with Crippen molar-refractivity contribution >= 4 is 17.2 Å². The Labute approximate surface area is 130 Å². The van der Waals surface area contributed by atoms with Crippen LogP contribution in [0.1, 0.15) is 34.0 Å². The molecule has 2 rings (SSSR count). The van der Waals surface area contributed by atoms with Crippen molar-refractivity contribution in [2.24, 2.45) is 5.73 Å². The van der Waals surface area contributed by atoms with E-state index in [9.17, 15) is 13.6 Å². The van der Waals surface area contributed by atoms with E-state index >= 15 is 0 Å². The van der Waals surface area contributed by atoms with E-state index in [1.807, 2.05) is 0 Å². The Hall–Kier alpha value is -2.06. The molecule has 1 aromatic heterocycles. The van der Waals surface area contributed by atoms with Gasteiger partial charge in [-0.25, -0.2) is 4.98 Å². The zero-order valence-electron chi connectivity index (χ0n) is 11.8. The summed E-state index contributed by atoms with van der Waals surface area (Å²) in [5.74, 6) is -0.235. The molecule has 0 spiro atoms. The van der Waals surface area contributed by atoms with E-state index in [2.05, 4.69) is 15.0 Å². The number of ether oxygens (including phenoxy) is 1. The summed E-state index contributed by atoms with van der Waals surface area (Å²) in [4.78, 5) is 16.1. The second kappa shape index (κ2) is 7.28. The maximum absolute atomic E-state index is 12.1. The Morgan fingerprint density at radius 1 is 1.41 bits per heavy atom.